The number of halogens is 2. The molecule has 0 spiro atoms. The van der Waals surface area contributed by atoms with Crippen LogP contribution in [0.5, 0.6) is 5.75 Å². The quantitative estimate of drug-likeness (QED) is 0.790. The lowest BCUT2D eigenvalue weighted by molar-refractivity contribution is 0.102. The molecule has 0 bridgehead atoms. The van der Waals surface area contributed by atoms with Crippen LogP contribution in [0.15, 0.2) is 42.5 Å². The predicted molar refractivity (Wildman–Crippen MR) is 91.2 cm³/mol. The number of rotatable bonds is 5. The minimum absolute atomic E-state index is 0.147. The molecule has 2 aromatic rings. The monoisotopic (exact) mass is 337 g/mol. The lowest BCUT2D eigenvalue weighted by atomic mass is 10.2. The molecule has 0 saturated carbocycles. The first kappa shape index (κ1) is 16.7. The molecule has 3 nitrogen and oxygen atoms in total. The van der Waals surface area contributed by atoms with Gasteiger partial charge < -0.3 is 10.1 Å². The zero-order valence-electron chi connectivity index (χ0n) is 12.4. The van der Waals surface area contributed by atoms with Gasteiger partial charge in [-0.1, -0.05) is 30.1 Å². The average molecular weight is 338 g/mol. The van der Waals surface area contributed by atoms with Crippen molar-refractivity contribution in [3.63, 3.8) is 0 Å². The summed E-state index contributed by atoms with van der Waals surface area (Å²) < 4.78 is 5.68. The Bertz CT molecular complexity index is 636. The molecule has 1 N–H and O–H groups in total. The molecular weight excluding hydrogens is 321 g/mol. The van der Waals surface area contributed by atoms with Crippen molar-refractivity contribution in [2.75, 3.05) is 5.32 Å². The zero-order chi connectivity index (χ0) is 16.1. The highest BCUT2D eigenvalue weighted by Crippen LogP contribution is 2.23. The number of hydrogen-bond acceptors (Lipinski definition) is 2. The molecule has 0 fully saturated rings. The Hall–Kier alpha value is -1.71. The molecule has 0 aliphatic carbocycles. The third kappa shape index (κ3) is 4.65. The molecule has 0 aliphatic heterocycles. The maximum Gasteiger partial charge on any atom is 0.255 e. The molecule has 0 aromatic heterocycles. The van der Waals surface area contributed by atoms with Crippen molar-refractivity contribution in [3.8, 4) is 5.75 Å². The van der Waals surface area contributed by atoms with Gasteiger partial charge in [0.15, 0.2) is 0 Å². The van der Waals surface area contributed by atoms with Crippen molar-refractivity contribution < 1.29 is 9.53 Å². The Labute approximate surface area is 140 Å². The topological polar surface area (TPSA) is 38.3 Å². The minimum Gasteiger partial charge on any atom is -0.491 e. The van der Waals surface area contributed by atoms with E-state index in [1.54, 1.807) is 42.5 Å². The molecule has 0 aliphatic rings. The van der Waals surface area contributed by atoms with Gasteiger partial charge in [-0.25, -0.2) is 0 Å². The number of ether oxygens (including phenoxy) is 1. The van der Waals surface area contributed by atoms with Crippen LogP contribution in [0.25, 0.3) is 0 Å². The normalized spacial score (nSPS) is 11.8. The predicted octanol–water partition coefficient (Wildman–Crippen LogP) is 5.42. The fourth-order valence-corrected chi connectivity index (χ4v) is 2.36. The smallest absolute Gasteiger partial charge is 0.255 e. The molecule has 1 atom stereocenters. The van der Waals surface area contributed by atoms with Crippen molar-refractivity contribution >= 4 is 34.8 Å². The van der Waals surface area contributed by atoms with Crippen LogP contribution in [0.1, 0.15) is 30.6 Å². The Morgan fingerprint density at radius 3 is 2.27 bits per heavy atom. The van der Waals surface area contributed by atoms with Gasteiger partial charge in [0.25, 0.3) is 5.91 Å². The van der Waals surface area contributed by atoms with Crippen molar-refractivity contribution in [2.24, 2.45) is 0 Å². The van der Waals surface area contributed by atoms with Crippen LogP contribution in [-0.4, -0.2) is 12.0 Å². The fraction of sp³-hybridized carbons (Fsp3) is 0.235. The molecule has 0 radical (unpaired) electrons. The maximum atomic E-state index is 12.2. The summed E-state index contributed by atoms with van der Waals surface area (Å²) in [5.41, 5.74) is 1.09. The van der Waals surface area contributed by atoms with Gasteiger partial charge in [0.2, 0.25) is 0 Å². The van der Waals surface area contributed by atoms with E-state index in [1.807, 2.05) is 6.92 Å². The second-order valence-electron chi connectivity index (χ2n) is 4.97. The Morgan fingerprint density at radius 1 is 1.14 bits per heavy atom. The SMILES string of the molecule is CCC(C)Oc1ccc(C(=O)Nc2cc(Cl)cc(Cl)c2)cc1. The van der Waals surface area contributed by atoms with E-state index in [-0.39, 0.29) is 12.0 Å². The number of anilines is 1. The highest BCUT2D eigenvalue weighted by atomic mass is 35.5. The summed E-state index contributed by atoms with van der Waals surface area (Å²) in [6.07, 6.45) is 1.07. The van der Waals surface area contributed by atoms with Crippen molar-refractivity contribution in [1.82, 2.24) is 0 Å². The molecule has 2 rings (SSSR count). The van der Waals surface area contributed by atoms with E-state index < -0.39 is 0 Å². The van der Waals surface area contributed by atoms with E-state index in [9.17, 15) is 4.79 Å². The van der Waals surface area contributed by atoms with Crippen LogP contribution >= 0.6 is 23.2 Å². The van der Waals surface area contributed by atoms with Crippen molar-refractivity contribution in [3.05, 3.63) is 58.1 Å². The number of hydrogen-bond donors (Lipinski definition) is 1. The molecule has 1 amide bonds. The van der Waals surface area contributed by atoms with E-state index >= 15 is 0 Å². The molecule has 1 unspecified atom stereocenters. The number of benzene rings is 2. The van der Waals surface area contributed by atoms with Crippen LogP contribution in [0.3, 0.4) is 0 Å². The Morgan fingerprint density at radius 2 is 1.73 bits per heavy atom. The second-order valence-corrected chi connectivity index (χ2v) is 5.85. The summed E-state index contributed by atoms with van der Waals surface area (Å²) in [6, 6.07) is 11.9. The summed E-state index contributed by atoms with van der Waals surface area (Å²) in [5.74, 6) is 0.519. The largest absolute Gasteiger partial charge is 0.491 e. The molecule has 5 heteroatoms. The first-order valence-corrected chi connectivity index (χ1v) is 7.77. The van der Waals surface area contributed by atoms with Gasteiger partial charge in [-0.2, -0.15) is 0 Å². The summed E-state index contributed by atoms with van der Waals surface area (Å²) in [7, 11) is 0. The fourth-order valence-electron chi connectivity index (χ4n) is 1.83. The van der Waals surface area contributed by atoms with Crippen LogP contribution in [0.2, 0.25) is 10.0 Å². The maximum absolute atomic E-state index is 12.2. The molecular formula is C17H17Cl2NO2. The summed E-state index contributed by atoms with van der Waals surface area (Å²) >= 11 is 11.8. The summed E-state index contributed by atoms with van der Waals surface area (Å²) in [4.78, 5) is 12.2. The lowest BCUT2D eigenvalue weighted by Gasteiger charge is -2.12. The number of amides is 1. The molecule has 2 aromatic carbocycles. The Balaban J connectivity index is 2.06. The zero-order valence-corrected chi connectivity index (χ0v) is 13.9. The van der Waals surface area contributed by atoms with Crippen molar-refractivity contribution in [1.29, 1.82) is 0 Å². The van der Waals surface area contributed by atoms with Gasteiger partial charge in [-0.15, -0.1) is 0 Å². The van der Waals surface area contributed by atoms with E-state index in [0.717, 1.165) is 12.2 Å². The van der Waals surface area contributed by atoms with Gasteiger partial charge in [0, 0.05) is 21.3 Å². The third-order valence-corrected chi connectivity index (χ3v) is 3.59. The van der Waals surface area contributed by atoms with Gasteiger partial charge in [-0.3, -0.25) is 4.79 Å². The van der Waals surface area contributed by atoms with Gasteiger partial charge in [0.05, 0.1) is 6.10 Å². The van der Waals surface area contributed by atoms with E-state index in [0.29, 0.717) is 21.3 Å². The van der Waals surface area contributed by atoms with Crippen LogP contribution in [0, 0.1) is 0 Å². The highest BCUT2D eigenvalue weighted by molar-refractivity contribution is 6.35. The summed E-state index contributed by atoms with van der Waals surface area (Å²) in [5, 5.41) is 3.71. The first-order valence-electron chi connectivity index (χ1n) is 7.02. The van der Waals surface area contributed by atoms with Crippen LogP contribution < -0.4 is 10.1 Å². The van der Waals surface area contributed by atoms with Gasteiger partial charge >= 0.3 is 0 Å². The number of nitrogens with one attached hydrogen (secondary N) is 1. The van der Waals surface area contributed by atoms with Gasteiger partial charge in [-0.05, 0) is 55.8 Å². The number of carbonyl (C=O) groups excluding carboxylic acids is 1. The highest BCUT2D eigenvalue weighted by Gasteiger charge is 2.08. The molecule has 116 valence electrons. The average Bonchev–Trinajstić information content (AvgIpc) is 2.46. The minimum atomic E-state index is -0.228. The van der Waals surface area contributed by atoms with E-state index in [2.05, 4.69) is 12.2 Å². The van der Waals surface area contributed by atoms with Crippen molar-refractivity contribution in [2.45, 2.75) is 26.4 Å². The van der Waals surface area contributed by atoms with E-state index in [1.165, 1.54) is 0 Å². The number of carbonyl (C=O) groups is 1. The standard InChI is InChI=1S/C17H17Cl2NO2/c1-3-11(2)22-16-6-4-12(5-7-16)17(21)20-15-9-13(18)8-14(19)10-15/h4-11H,3H2,1-2H3,(H,20,21). The molecule has 0 saturated heterocycles. The molecule has 0 heterocycles. The first-order chi connectivity index (χ1) is 10.5. The summed E-state index contributed by atoms with van der Waals surface area (Å²) in [6.45, 7) is 4.06. The van der Waals surface area contributed by atoms with Crippen LogP contribution in [-0.2, 0) is 0 Å². The van der Waals surface area contributed by atoms with E-state index in [4.69, 9.17) is 27.9 Å². The third-order valence-electron chi connectivity index (χ3n) is 3.15. The van der Waals surface area contributed by atoms with Gasteiger partial charge in [0.1, 0.15) is 5.75 Å². The molecule has 22 heavy (non-hydrogen) atoms. The lowest BCUT2D eigenvalue weighted by Crippen LogP contribution is -2.12. The Kier molecular flexibility index (Phi) is 5.69. The second kappa shape index (κ2) is 7.52. The van der Waals surface area contributed by atoms with Crippen LogP contribution in [0.4, 0.5) is 5.69 Å².